The van der Waals surface area contributed by atoms with E-state index in [1.165, 1.54) is 35.5 Å². The molecule has 0 spiro atoms. The molecular weight excluding hydrogens is 271 g/mol. The Morgan fingerprint density at radius 2 is 1.95 bits per heavy atom. The molecule has 2 nitrogen and oxygen atoms in total. The van der Waals surface area contributed by atoms with E-state index in [0.29, 0.717) is 6.42 Å². The van der Waals surface area contributed by atoms with Gasteiger partial charge in [-0.15, -0.1) is 11.3 Å². The largest absolute Gasteiger partial charge is 0.319 e. The van der Waals surface area contributed by atoms with E-state index in [9.17, 15) is 4.39 Å². The van der Waals surface area contributed by atoms with Crippen LogP contribution in [0.25, 0.3) is 0 Å². The summed E-state index contributed by atoms with van der Waals surface area (Å²) in [5.74, 6) is -0.211. The van der Waals surface area contributed by atoms with Crippen LogP contribution in [-0.2, 0) is 24.8 Å². The monoisotopic (exact) mass is 290 g/mol. The van der Waals surface area contributed by atoms with Crippen molar-refractivity contribution in [1.29, 1.82) is 0 Å². The molecule has 0 bridgehead atoms. The molecule has 0 saturated heterocycles. The number of hydrogen-bond donors (Lipinski definition) is 1. The second-order valence-corrected chi connectivity index (χ2v) is 6.90. The zero-order chi connectivity index (χ0) is 14.2. The number of benzene rings is 1. The van der Waals surface area contributed by atoms with Gasteiger partial charge in [0, 0.05) is 4.88 Å². The zero-order valence-electron chi connectivity index (χ0n) is 11.7. The topological polar surface area (TPSA) is 38.9 Å². The fourth-order valence-electron chi connectivity index (χ4n) is 2.70. The Hall–Kier alpha value is -1.26. The Balaban J connectivity index is 1.83. The van der Waals surface area contributed by atoms with Crippen molar-refractivity contribution in [1.82, 2.24) is 4.98 Å². The number of aryl methyl sites for hydroxylation is 2. The minimum atomic E-state index is -0.486. The third kappa shape index (κ3) is 2.76. The van der Waals surface area contributed by atoms with Crippen molar-refractivity contribution in [2.24, 2.45) is 5.73 Å². The van der Waals surface area contributed by atoms with Crippen LogP contribution in [0.2, 0.25) is 0 Å². The molecular formula is C16H19FN2S. The Morgan fingerprint density at radius 3 is 2.65 bits per heavy atom. The zero-order valence-corrected chi connectivity index (χ0v) is 12.5. The SMILES string of the molecule is CC(N)(Cc1ccc(F)cc1)c1nc2c(s1)CCCC2. The van der Waals surface area contributed by atoms with Gasteiger partial charge in [0.15, 0.2) is 0 Å². The van der Waals surface area contributed by atoms with E-state index in [1.54, 1.807) is 23.5 Å². The first-order valence-corrected chi connectivity index (χ1v) is 7.89. The van der Waals surface area contributed by atoms with E-state index in [-0.39, 0.29) is 5.82 Å². The van der Waals surface area contributed by atoms with Crippen LogP contribution < -0.4 is 5.73 Å². The normalized spacial score (nSPS) is 17.6. The Kier molecular flexibility index (Phi) is 3.61. The first-order valence-electron chi connectivity index (χ1n) is 7.07. The molecule has 3 rings (SSSR count). The average molecular weight is 290 g/mol. The average Bonchev–Trinajstić information content (AvgIpc) is 2.86. The number of fused-ring (bicyclic) bond motifs is 1. The number of rotatable bonds is 3. The van der Waals surface area contributed by atoms with E-state index in [2.05, 4.69) is 0 Å². The molecule has 1 aliphatic rings. The molecule has 20 heavy (non-hydrogen) atoms. The molecule has 0 radical (unpaired) electrons. The van der Waals surface area contributed by atoms with Crippen molar-refractivity contribution >= 4 is 11.3 Å². The molecule has 1 aromatic carbocycles. The van der Waals surface area contributed by atoms with Gasteiger partial charge in [0.2, 0.25) is 0 Å². The number of halogens is 1. The number of thiazole rings is 1. The fourth-order valence-corrected chi connectivity index (χ4v) is 3.90. The van der Waals surface area contributed by atoms with Gasteiger partial charge in [0.1, 0.15) is 10.8 Å². The van der Waals surface area contributed by atoms with Gasteiger partial charge < -0.3 is 5.73 Å². The predicted molar refractivity (Wildman–Crippen MR) is 80.4 cm³/mol. The van der Waals surface area contributed by atoms with Crippen molar-refractivity contribution < 1.29 is 4.39 Å². The highest BCUT2D eigenvalue weighted by Crippen LogP contribution is 2.33. The summed E-state index contributed by atoms with van der Waals surface area (Å²) >= 11 is 1.75. The molecule has 1 aliphatic carbocycles. The highest BCUT2D eigenvalue weighted by Gasteiger charge is 2.28. The highest BCUT2D eigenvalue weighted by molar-refractivity contribution is 7.11. The molecule has 0 fully saturated rings. The van der Waals surface area contributed by atoms with Gasteiger partial charge in [-0.3, -0.25) is 0 Å². The first-order chi connectivity index (χ1) is 9.54. The summed E-state index contributed by atoms with van der Waals surface area (Å²) in [6.07, 6.45) is 5.39. The molecule has 1 aromatic heterocycles. The molecule has 0 amide bonds. The smallest absolute Gasteiger partial charge is 0.123 e. The van der Waals surface area contributed by atoms with Crippen LogP contribution in [0, 0.1) is 5.82 Å². The Bertz CT molecular complexity index is 578. The lowest BCUT2D eigenvalue weighted by Gasteiger charge is -2.22. The standard InChI is InChI=1S/C16H19FN2S/c1-16(18,10-11-6-8-12(17)9-7-11)15-19-13-4-2-3-5-14(13)20-15/h6-9H,2-5,10,18H2,1H3. The van der Waals surface area contributed by atoms with Crippen LogP contribution in [0.1, 0.15) is 40.9 Å². The van der Waals surface area contributed by atoms with Gasteiger partial charge in [-0.1, -0.05) is 12.1 Å². The molecule has 2 N–H and O–H groups in total. The highest BCUT2D eigenvalue weighted by atomic mass is 32.1. The third-order valence-electron chi connectivity index (χ3n) is 3.82. The lowest BCUT2D eigenvalue weighted by molar-refractivity contribution is 0.486. The Labute approximate surface area is 122 Å². The van der Waals surface area contributed by atoms with Crippen LogP contribution >= 0.6 is 11.3 Å². The van der Waals surface area contributed by atoms with Crippen molar-refractivity contribution in [3.05, 3.63) is 51.2 Å². The summed E-state index contributed by atoms with van der Waals surface area (Å²) in [4.78, 5) is 6.16. The minimum absolute atomic E-state index is 0.211. The minimum Gasteiger partial charge on any atom is -0.319 e. The quantitative estimate of drug-likeness (QED) is 0.938. The number of aromatic nitrogens is 1. The van der Waals surface area contributed by atoms with Gasteiger partial charge in [-0.2, -0.15) is 0 Å². The van der Waals surface area contributed by atoms with Gasteiger partial charge in [-0.25, -0.2) is 9.37 Å². The van der Waals surface area contributed by atoms with Crippen LogP contribution in [0.5, 0.6) is 0 Å². The summed E-state index contributed by atoms with van der Waals surface area (Å²) in [7, 11) is 0. The van der Waals surface area contributed by atoms with Crippen LogP contribution in [-0.4, -0.2) is 4.98 Å². The lowest BCUT2D eigenvalue weighted by atomic mass is 9.94. The fraction of sp³-hybridized carbons (Fsp3) is 0.438. The van der Waals surface area contributed by atoms with Gasteiger partial charge in [0.25, 0.3) is 0 Å². The van der Waals surface area contributed by atoms with E-state index < -0.39 is 5.54 Å². The van der Waals surface area contributed by atoms with Crippen LogP contribution in [0.3, 0.4) is 0 Å². The second-order valence-electron chi connectivity index (χ2n) is 5.82. The van der Waals surface area contributed by atoms with Crippen LogP contribution in [0.4, 0.5) is 4.39 Å². The van der Waals surface area contributed by atoms with Crippen LogP contribution in [0.15, 0.2) is 24.3 Å². The van der Waals surface area contributed by atoms with Gasteiger partial charge in [-0.05, 0) is 56.7 Å². The predicted octanol–water partition coefficient (Wildman–Crippen LogP) is 3.58. The lowest BCUT2D eigenvalue weighted by Crippen LogP contribution is -2.35. The Morgan fingerprint density at radius 1 is 1.25 bits per heavy atom. The summed E-state index contributed by atoms with van der Waals surface area (Å²) in [6, 6.07) is 6.57. The molecule has 2 aromatic rings. The molecule has 1 heterocycles. The maximum absolute atomic E-state index is 13.0. The molecule has 0 aliphatic heterocycles. The molecule has 4 heteroatoms. The summed E-state index contributed by atoms with van der Waals surface area (Å²) < 4.78 is 13.0. The number of nitrogens with two attached hydrogens (primary N) is 1. The third-order valence-corrected chi connectivity index (χ3v) is 5.26. The second kappa shape index (κ2) is 5.26. The maximum atomic E-state index is 13.0. The van der Waals surface area contributed by atoms with Gasteiger partial charge in [0.05, 0.1) is 11.2 Å². The summed E-state index contributed by atoms with van der Waals surface area (Å²) in [5, 5.41) is 1.01. The van der Waals surface area contributed by atoms with Crippen molar-refractivity contribution in [2.75, 3.05) is 0 Å². The van der Waals surface area contributed by atoms with Crippen molar-refractivity contribution in [3.63, 3.8) is 0 Å². The summed E-state index contributed by atoms with van der Waals surface area (Å²) in [5.41, 5.74) is 8.28. The molecule has 0 saturated carbocycles. The van der Waals surface area contributed by atoms with E-state index in [1.807, 2.05) is 6.92 Å². The summed E-state index contributed by atoms with van der Waals surface area (Å²) in [6.45, 7) is 2.01. The number of hydrogen-bond acceptors (Lipinski definition) is 3. The van der Waals surface area contributed by atoms with E-state index in [4.69, 9.17) is 10.7 Å². The van der Waals surface area contributed by atoms with Crippen molar-refractivity contribution in [2.45, 2.75) is 44.6 Å². The first kappa shape index (κ1) is 13.7. The molecule has 1 atom stereocenters. The molecule has 106 valence electrons. The maximum Gasteiger partial charge on any atom is 0.123 e. The van der Waals surface area contributed by atoms with E-state index in [0.717, 1.165) is 23.4 Å². The number of nitrogens with zero attached hydrogens (tertiary/aromatic N) is 1. The van der Waals surface area contributed by atoms with E-state index >= 15 is 0 Å². The molecule has 1 unspecified atom stereocenters. The van der Waals surface area contributed by atoms with Crippen molar-refractivity contribution in [3.8, 4) is 0 Å². The van der Waals surface area contributed by atoms with Gasteiger partial charge >= 0.3 is 0 Å².